The molecule has 0 saturated carbocycles. The highest BCUT2D eigenvalue weighted by Crippen LogP contribution is 2.43. The van der Waals surface area contributed by atoms with Crippen LogP contribution < -0.4 is 20.1 Å². The third-order valence-electron chi connectivity index (χ3n) is 8.30. The molecule has 2 aromatic carbocycles. The van der Waals surface area contributed by atoms with Gasteiger partial charge in [0, 0.05) is 23.9 Å². The van der Waals surface area contributed by atoms with Crippen LogP contribution in [0.25, 0.3) is 0 Å². The van der Waals surface area contributed by atoms with Crippen LogP contribution in [0.1, 0.15) is 70.9 Å². The molecule has 4 nitrogen and oxygen atoms in total. The van der Waals surface area contributed by atoms with Gasteiger partial charge in [0.2, 0.25) is 0 Å². The van der Waals surface area contributed by atoms with Crippen LogP contribution in [-0.4, -0.2) is 39.4 Å². The maximum Gasteiger partial charge on any atom is 0.125 e. The Morgan fingerprint density at radius 1 is 0.676 bits per heavy atom. The van der Waals surface area contributed by atoms with Crippen LogP contribution in [0, 0.1) is 13.8 Å². The van der Waals surface area contributed by atoms with E-state index in [2.05, 4.69) is 48.7 Å². The smallest absolute Gasteiger partial charge is 0.125 e. The summed E-state index contributed by atoms with van der Waals surface area (Å²) < 4.78 is 11.1. The maximum atomic E-state index is 5.57. The third-order valence-corrected chi connectivity index (χ3v) is 8.30. The van der Waals surface area contributed by atoms with Gasteiger partial charge >= 0.3 is 0 Å². The van der Waals surface area contributed by atoms with Crippen molar-refractivity contribution < 1.29 is 9.47 Å². The van der Waals surface area contributed by atoms with Gasteiger partial charge in [0.25, 0.3) is 0 Å². The second-order valence-electron chi connectivity index (χ2n) is 9.96. The SMILES string of the molecule is Br.COc1c(C)ccc2c1CC[C@@H]1NCC[C@H]21.COc1c(C)ccc2c1CC[C@@H]1NCC[C@H]21.Cl. The van der Waals surface area contributed by atoms with E-state index in [1.54, 1.807) is 14.2 Å². The highest BCUT2D eigenvalue weighted by atomic mass is 79.9. The summed E-state index contributed by atoms with van der Waals surface area (Å²) in [6.07, 6.45) is 7.41. The lowest BCUT2D eigenvalue weighted by Gasteiger charge is -2.29. The van der Waals surface area contributed by atoms with Crippen LogP contribution in [0.3, 0.4) is 0 Å². The molecule has 2 N–H and O–H groups in total. The van der Waals surface area contributed by atoms with E-state index < -0.39 is 0 Å². The summed E-state index contributed by atoms with van der Waals surface area (Å²) in [5.74, 6) is 3.70. The first-order valence-corrected chi connectivity index (χ1v) is 12.4. The molecule has 0 radical (unpaired) electrons. The zero-order valence-corrected chi connectivity index (χ0v) is 23.4. The molecule has 0 spiro atoms. The highest BCUT2D eigenvalue weighted by Gasteiger charge is 2.35. The summed E-state index contributed by atoms with van der Waals surface area (Å²) in [5, 5.41) is 7.22. The second-order valence-corrected chi connectivity index (χ2v) is 9.96. The molecule has 2 saturated heterocycles. The van der Waals surface area contributed by atoms with Gasteiger partial charge in [0.1, 0.15) is 11.5 Å². The first-order chi connectivity index (χ1) is 15.6. The number of ether oxygens (including phenoxy) is 2. The minimum absolute atomic E-state index is 0. The van der Waals surface area contributed by atoms with Crippen LogP contribution in [0.2, 0.25) is 0 Å². The fraction of sp³-hybridized carbons (Fsp3) is 0.571. The number of hydrogen-bond donors (Lipinski definition) is 2. The monoisotopic (exact) mass is 550 g/mol. The van der Waals surface area contributed by atoms with Gasteiger partial charge in [-0.2, -0.15) is 0 Å². The van der Waals surface area contributed by atoms with E-state index in [0.717, 1.165) is 36.2 Å². The van der Waals surface area contributed by atoms with Gasteiger partial charge in [-0.1, -0.05) is 24.3 Å². The fourth-order valence-electron chi connectivity index (χ4n) is 6.79. The van der Waals surface area contributed by atoms with Gasteiger partial charge in [-0.05, 0) is 98.8 Å². The number of aryl methyl sites for hydroxylation is 2. The molecule has 188 valence electrons. The van der Waals surface area contributed by atoms with Crippen LogP contribution in [-0.2, 0) is 12.8 Å². The van der Waals surface area contributed by atoms with E-state index in [0.29, 0.717) is 12.1 Å². The number of rotatable bonds is 2. The summed E-state index contributed by atoms with van der Waals surface area (Å²) in [5.41, 5.74) is 8.53. The van der Waals surface area contributed by atoms with Crippen LogP contribution in [0.15, 0.2) is 24.3 Å². The molecule has 2 fully saturated rings. The van der Waals surface area contributed by atoms with Crippen molar-refractivity contribution >= 4 is 29.4 Å². The zero-order chi connectivity index (χ0) is 22.2. The van der Waals surface area contributed by atoms with Crippen molar-refractivity contribution in [3.8, 4) is 11.5 Å². The first-order valence-electron chi connectivity index (χ1n) is 12.4. The van der Waals surface area contributed by atoms with Crippen LogP contribution in [0.4, 0.5) is 0 Å². The second kappa shape index (κ2) is 11.6. The van der Waals surface area contributed by atoms with E-state index in [9.17, 15) is 0 Å². The fourth-order valence-corrected chi connectivity index (χ4v) is 6.79. The standard InChI is InChI=1S/2C14H19NO.BrH.ClH/c2*1-9-3-4-10-11-7-8-15-13(11)6-5-12(10)14(9)16-2;;/h2*3-4,11,13,15H,5-8H2,1-2H3;2*1H/t2*11-,13+;;/m11../s1. The topological polar surface area (TPSA) is 42.5 Å². The molecule has 6 heteroatoms. The summed E-state index contributed by atoms with van der Waals surface area (Å²) >= 11 is 0. The maximum absolute atomic E-state index is 5.57. The predicted octanol–water partition coefficient (Wildman–Crippen LogP) is 5.79. The Morgan fingerprint density at radius 3 is 1.47 bits per heavy atom. The molecule has 2 aliphatic carbocycles. The molecule has 34 heavy (non-hydrogen) atoms. The zero-order valence-electron chi connectivity index (χ0n) is 20.9. The number of benzene rings is 2. The van der Waals surface area contributed by atoms with Gasteiger partial charge in [-0.15, -0.1) is 29.4 Å². The van der Waals surface area contributed by atoms with E-state index >= 15 is 0 Å². The number of hydrogen-bond acceptors (Lipinski definition) is 4. The van der Waals surface area contributed by atoms with Crippen molar-refractivity contribution in [2.75, 3.05) is 27.3 Å². The molecule has 4 aliphatic rings. The molecule has 2 heterocycles. The largest absolute Gasteiger partial charge is 0.496 e. The minimum atomic E-state index is 0. The lowest BCUT2D eigenvalue weighted by molar-refractivity contribution is 0.395. The molecular formula is C28H40BrClN2O2. The average molecular weight is 552 g/mol. The molecule has 4 atom stereocenters. The third kappa shape index (κ3) is 4.86. The van der Waals surface area contributed by atoms with E-state index in [-0.39, 0.29) is 29.4 Å². The van der Waals surface area contributed by atoms with Gasteiger partial charge in [-0.3, -0.25) is 0 Å². The molecule has 2 aromatic rings. The van der Waals surface area contributed by atoms with Crippen LogP contribution in [0.5, 0.6) is 11.5 Å². The minimum Gasteiger partial charge on any atom is -0.496 e. The first kappa shape index (κ1) is 27.3. The number of halogens is 2. The molecule has 0 bridgehead atoms. The summed E-state index contributed by atoms with van der Waals surface area (Å²) in [6.45, 7) is 6.62. The number of methoxy groups -OCH3 is 2. The normalized spacial score (nSPS) is 25.8. The van der Waals surface area contributed by atoms with Gasteiger partial charge in [0.05, 0.1) is 14.2 Å². The van der Waals surface area contributed by atoms with Crippen molar-refractivity contribution in [1.29, 1.82) is 0 Å². The Hall–Kier alpha value is -1.27. The van der Waals surface area contributed by atoms with E-state index in [4.69, 9.17) is 9.47 Å². The number of nitrogens with one attached hydrogen (secondary N) is 2. The molecule has 0 unspecified atom stereocenters. The highest BCUT2D eigenvalue weighted by molar-refractivity contribution is 8.93. The lowest BCUT2D eigenvalue weighted by atomic mass is 9.79. The summed E-state index contributed by atoms with van der Waals surface area (Å²) in [6, 6.07) is 10.5. The average Bonchev–Trinajstić information content (AvgIpc) is 3.48. The molecule has 0 amide bonds. The van der Waals surface area contributed by atoms with Crippen molar-refractivity contribution in [2.24, 2.45) is 0 Å². The molecule has 0 aromatic heterocycles. The summed E-state index contributed by atoms with van der Waals surface area (Å²) in [4.78, 5) is 0. The molecule has 6 rings (SSSR count). The van der Waals surface area contributed by atoms with E-state index in [1.165, 1.54) is 72.2 Å². The predicted molar refractivity (Wildman–Crippen MR) is 148 cm³/mol. The van der Waals surface area contributed by atoms with Crippen molar-refractivity contribution in [3.63, 3.8) is 0 Å². The Bertz CT molecular complexity index is 919. The Kier molecular flexibility index (Phi) is 9.36. The van der Waals surface area contributed by atoms with Gasteiger partial charge in [0.15, 0.2) is 0 Å². The molecular weight excluding hydrogens is 512 g/mol. The molecule has 2 aliphatic heterocycles. The Morgan fingerprint density at radius 2 is 1.09 bits per heavy atom. The van der Waals surface area contributed by atoms with Crippen molar-refractivity contribution in [2.45, 2.75) is 76.3 Å². The Labute approximate surface area is 221 Å². The quantitative estimate of drug-likeness (QED) is 0.496. The van der Waals surface area contributed by atoms with Gasteiger partial charge < -0.3 is 20.1 Å². The van der Waals surface area contributed by atoms with Crippen LogP contribution >= 0.6 is 29.4 Å². The van der Waals surface area contributed by atoms with Gasteiger partial charge in [-0.25, -0.2) is 0 Å². The van der Waals surface area contributed by atoms with E-state index in [1.807, 2.05) is 0 Å². The summed E-state index contributed by atoms with van der Waals surface area (Å²) in [7, 11) is 3.59. The van der Waals surface area contributed by atoms with Crippen molar-refractivity contribution in [1.82, 2.24) is 10.6 Å². The lowest BCUT2D eigenvalue weighted by Crippen LogP contribution is -2.30. The Balaban J connectivity index is 0.000000180. The number of fused-ring (bicyclic) bond motifs is 6. The van der Waals surface area contributed by atoms with Crippen molar-refractivity contribution in [3.05, 3.63) is 57.6 Å².